The standard InChI is InChI=1S/C19H17NO/c20-19(18-12-15-7-3-4-8-17(15)21-18)16-10-9-13-5-1-2-6-14(13)11-16/h1-11,18-19H,12,20H2. The molecule has 2 unspecified atom stereocenters. The highest BCUT2D eigenvalue weighted by Crippen LogP contribution is 2.33. The van der Waals surface area contributed by atoms with Crippen LogP contribution in [0.2, 0.25) is 0 Å². The van der Waals surface area contributed by atoms with E-state index in [2.05, 4.69) is 48.5 Å². The topological polar surface area (TPSA) is 35.2 Å². The normalized spacial score (nSPS) is 18.2. The summed E-state index contributed by atoms with van der Waals surface area (Å²) in [6.45, 7) is 0. The second-order valence-electron chi connectivity index (χ2n) is 5.60. The lowest BCUT2D eigenvalue weighted by Crippen LogP contribution is -2.29. The van der Waals surface area contributed by atoms with Gasteiger partial charge in [-0.15, -0.1) is 0 Å². The van der Waals surface area contributed by atoms with Crippen molar-refractivity contribution in [3.63, 3.8) is 0 Å². The van der Waals surface area contributed by atoms with Crippen LogP contribution in [0.4, 0.5) is 0 Å². The second-order valence-corrected chi connectivity index (χ2v) is 5.60. The van der Waals surface area contributed by atoms with Crippen molar-refractivity contribution in [1.29, 1.82) is 0 Å². The summed E-state index contributed by atoms with van der Waals surface area (Å²) in [5.41, 5.74) is 8.83. The van der Waals surface area contributed by atoms with Crippen LogP contribution in [0.3, 0.4) is 0 Å². The molecule has 1 aliphatic rings. The number of hydrogen-bond acceptors (Lipinski definition) is 2. The van der Waals surface area contributed by atoms with E-state index in [1.807, 2.05) is 18.2 Å². The summed E-state index contributed by atoms with van der Waals surface area (Å²) in [5.74, 6) is 0.971. The molecule has 104 valence electrons. The van der Waals surface area contributed by atoms with Crippen LogP contribution in [0, 0.1) is 0 Å². The first-order valence-electron chi connectivity index (χ1n) is 7.30. The molecule has 0 spiro atoms. The van der Waals surface area contributed by atoms with Crippen molar-refractivity contribution in [1.82, 2.24) is 0 Å². The van der Waals surface area contributed by atoms with Crippen LogP contribution in [0.15, 0.2) is 66.7 Å². The third kappa shape index (κ3) is 2.18. The van der Waals surface area contributed by atoms with Gasteiger partial charge in [0, 0.05) is 6.42 Å². The van der Waals surface area contributed by atoms with Crippen LogP contribution in [0.1, 0.15) is 17.2 Å². The Morgan fingerprint density at radius 2 is 1.67 bits per heavy atom. The quantitative estimate of drug-likeness (QED) is 0.771. The molecule has 0 saturated heterocycles. The second kappa shape index (κ2) is 4.90. The average molecular weight is 275 g/mol. The predicted molar refractivity (Wildman–Crippen MR) is 85.4 cm³/mol. The van der Waals surface area contributed by atoms with E-state index >= 15 is 0 Å². The van der Waals surface area contributed by atoms with Crippen molar-refractivity contribution < 1.29 is 4.74 Å². The summed E-state index contributed by atoms with van der Waals surface area (Å²) in [6, 6.07) is 22.8. The molecule has 0 saturated carbocycles. The Hall–Kier alpha value is -2.32. The van der Waals surface area contributed by atoms with E-state index in [0.29, 0.717) is 0 Å². The molecule has 1 heterocycles. The Balaban J connectivity index is 1.64. The molecular formula is C19H17NO. The fourth-order valence-electron chi connectivity index (χ4n) is 3.04. The van der Waals surface area contributed by atoms with E-state index in [0.717, 1.165) is 17.7 Å². The summed E-state index contributed by atoms with van der Waals surface area (Å²) in [5, 5.41) is 2.46. The minimum atomic E-state index is -0.109. The summed E-state index contributed by atoms with van der Waals surface area (Å²) < 4.78 is 6.01. The van der Waals surface area contributed by atoms with Crippen LogP contribution < -0.4 is 10.5 Å². The predicted octanol–water partition coefficient (Wildman–Crippen LogP) is 3.84. The van der Waals surface area contributed by atoms with Gasteiger partial charge in [0.1, 0.15) is 11.9 Å². The summed E-state index contributed by atoms with van der Waals surface area (Å²) in [6.07, 6.45) is 0.896. The molecule has 3 aromatic carbocycles. The van der Waals surface area contributed by atoms with Crippen LogP contribution >= 0.6 is 0 Å². The first kappa shape index (κ1) is 12.4. The number of para-hydroxylation sites is 1. The van der Waals surface area contributed by atoms with Gasteiger partial charge in [0.25, 0.3) is 0 Å². The lowest BCUT2D eigenvalue weighted by atomic mass is 9.96. The van der Waals surface area contributed by atoms with Gasteiger partial charge in [0.15, 0.2) is 0 Å². The molecule has 0 bridgehead atoms. The minimum Gasteiger partial charge on any atom is -0.488 e. The van der Waals surface area contributed by atoms with E-state index < -0.39 is 0 Å². The van der Waals surface area contributed by atoms with Crippen molar-refractivity contribution in [2.75, 3.05) is 0 Å². The molecule has 2 nitrogen and oxygen atoms in total. The monoisotopic (exact) mass is 275 g/mol. The molecule has 0 radical (unpaired) electrons. The Labute approximate surface area is 124 Å². The fourth-order valence-corrected chi connectivity index (χ4v) is 3.04. The molecule has 0 fully saturated rings. The maximum absolute atomic E-state index is 6.45. The van der Waals surface area contributed by atoms with Gasteiger partial charge in [-0.3, -0.25) is 0 Å². The summed E-state index contributed by atoms with van der Waals surface area (Å²) in [4.78, 5) is 0. The number of fused-ring (bicyclic) bond motifs is 2. The van der Waals surface area contributed by atoms with Gasteiger partial charge in [-0.1, -0.05) is 54.6 Å². The zero-order chi connectivity index (χ0) is 14.2. The maximum Gasteiger partial charge on any atom is 0.123 e. The van der Waals surface area contributed by atoms with Crippen LogP contribution in [-0.2, 0) is 6.42 Å². The minimum absolute atomic E-state index is 0.0172. The van der Waals surface area contributed by atoms with Gasteiger partial charge in [0.05, 0.1) is 6.04 Å². The zero-order valence-electron chi connectivity index (χ0n) is 11.7. The molecule has 0 aliphatic carbocycles. The molecule has 0 aromatic heterocycles. The Kier molecular flexibility index (Phi) is 2.90. The van der Waals surface area contributed by atoms with Crippen molar-refractivity contribution in [2.45, 2.75) is 18.6 Å². The van der Waals surface area contributed by atoms with Crippen LogP contribution in [-0.4, -0.2) is 6.10 Å². The molecule has 2 heteroatoms. The first-order chi connectivity index (χ1) is 10.3. The van der Waals surface area contributed by atoms with E-state index in [4.69, 9.17) is 10.5 Å². The number of ether oxygens (including phenoxy) is 1. The van der Waals surface area contributed by atoms with Crippen molar-refractivity contribution in [2.24, 2.45) is 5.73 Å². The van der Waals surface area contributed by atoms with Crippen LogP contribution in [0.5, 0.6) is 5.75 Å². The van der Waals surface area contributed by atoms with Crippen molar-refractivity contribution in [3.8, 4) is 5.75 Å². The highest BCUT2D eigenvalue weighted by molar-refractivity contribution is 5.83. The van der Waals surface area contributed by atoms with Crippen molar-refractivity contribution in [3.05, 3.63) is 77.9 Å². The van der Waals surface area contributed by atoms with Crippen LogP contribution in [0.25, 0.3) is 10.8 Å². The number of benzene rings is 3. The van der Waals surface area contributed by atoms with Gasteiger partial charge in [-0.05, 0) is 34.0 Å². The van der Waals surface area contributed by atoms with Crippen molar-refractivity contribution >= 4 is 10.8 Å². The molecule has 2 N–H and O–H groups in total. The Bertz CT molecular complexity index is 771. The summed E-state index contributed by atoms with van der Waals surface area (Å²) in [7, 11) is 0. The van der Waals surface area contributed by atoms with Gasteiger partial charge < -0.3 is 10.5 Å². The first-order valence-corrected chi connectivity index (χ1v) is 7.30. The lowest BCUT2D eigenvalue weighted by Gasteiger charge is -2.20. The molecule has 2 atom stereocenters. The highest BCUT2D eigenvalue weighted by Gasteiger charge is 2.28. The molecule has 4 rings (SSSR count). The van der Waals surface area contributed by atoms with Gasteiger partial charge in [0.2, 0.25) is 0 Å². The lowest BCUT2D eigenvalue weighted by molar-refractivity contribution is 0.200. The SMILES string of the molecule is NC(c1ccc2ccccc2c1)C1Cc2ccccc2O1. The maximum atomic E-state index is 6.45. The molecule has 0 amide bonds. The summed E-state index contributed by atoms with van der Waals surface area (Å²) >= 11 is 0. The van der Waals surface area contributed by atoms with E-state index in [1.54, 1.807) is 0 Å². The third-order valence-corrected chi connectivity index (χ3v) is 4.23. The molecule has 1 aliphatic heterocycles. The average Bonchev–Trinajstić information content (AvgIpc) is 2.97. The molecule has 21 heavy (non-hydrogen) atoms. The molecule has 3 aromatic rings. The van der Waals surface area contributed by atoms with E-state index in [9.17, 15) is 0 Å². The Morgan fingerprint density at radius 3 is 2.52 bits per heavy atom. The zero-order valence-corrected chi connectivity index (χ0v) is 11.7. The molecular weight excluding hydrogens is 258 g/mol. The van der Waals surface area contributed by atoms with E-state index in [1.165, 1.54) is 16.3 Å². The van der Waals surface area contributed by atoms with Gasteiger partial charge in [-0.25, -0.2) is 0 Å². The number of hydrogen-bond donors (Lipinski definition) is 1. The van der Waals surface area contributed by atoms with Gasteiger partial charge in [-0.2, -0.15) is 0 Å². The third-order valence-electron chi connectivity index (χ3n) is 4.23. The number of nitrogens with two attached hydrogens (primary N) is 1. The Morgan fingerprint density at radius 1 is 0.905 bits per heavy atom. The number of rotatable bonds is 2. The van der Waals surface area contributed by atoms with Gasteiger partial charge >= 0.3 is 0 Å². The smallest absolute Gasteiger partial charge is 0.123 e. The fraction of sp³-hybridized carbons (Fsp3) is 0.158. The highest BCUT2D eigenvalue weighted by atomic mass is 16.5. The largest absolute Gasteiger partial charge is 0.488 e. The van der Waals surface area contributed by atoms with E-state index in [-0.39, 0.29) is 12.1 Å².